The monoisotopic (exact) mass is 181 g/mol. The number of carbonyl (C=O) groups is 1. The molecular formula is C8H11N3O2. The standard InChI is InChI=1S/C8H11N3O2/c1-6(8(12)13)11(9)7-2-4-10-5-3-7/h2-6H,9H2,1H3,(H,12,13)/t6-/m0/s1. The first-order chi connectivity index (χ1) is 6.13. The van der Waals surface area contributed by atoms with Crippen molar-refractivity contribution in [1.82, 2.24) is 4.98 Å². The minimum Gasteiger partial charge on any atom is -0.480 e. The fraction of sp³-hybridized carbons (Fsp3) is 0.250. The van der Waals surface area contributed by atoms with Gasteiger partial charge >= 0.3 is 5.97 Å². The van der Waals surface area contributed by atoms with Gasteiger partial charge in [-0.1, -0.05) is 0 Å². The fourth-order valence-corrected chi connectivity index (χ4v) is 0.859. The Morgan fingerprint density at radius 3 is 2.62 bits per heavy atom. The molecule has 3 N–H and O–H groups in total. The van der Waals surface area contributed by atoms with Gasteiger partial charge in [-0.3, -0.25) is 9.99 Å². The van der Waals surface area contributed by atoms with E-state index in [0.717, 1.165) is 0 Å². The van der Waals surface area contributed by atoms with Crippen molar-refractivity contribution < 1.29 is 9.90 Å². The van der Waals surface area contributed by atoms with E-state index in [9.17, 15) is 4.79 Å². The van der Waals surface area contributed by atoms with Gasteiger partial charge < -0.3 is 5.11 Å². The molecule has 5 nitrogen and oxygen atoms in total. The highest BCUT2D eigenvalue weighted by atomic mass is 16.4. The van der Waals surface area contributed by atoms with E-state index in [1.807, 2.05) is 0 Å². The first-order valence-electron chi connectivity index (χ1n) is 3.79. The average molecular weight is 181 g/mol. The number of aromatic nitrogens is 1. The molecule has 70 valence electrons. The lowest BCUT2D eigenvalue weighted by Gasteiger charge is -2.22. The van der Waals surface area contributed by atoms with E-state index >= 15 is 0 Å². The van der Waals surface area contributed by atoms with Gasteiger partial charge in [-0.2, -0.15) is 0 Å². The van der Waals surface area contributed by atoms with Crippen LogP contribution < -0.4 is 10.9 Å². The lowest BCUT2D eigenvalue weighted by Crippen LogP contribution is -2.44. The Morgan fingerprint density at radius 2 is 2.15 bits per heavy atom. The number of hydrazine groups is 1. The predicted octanol–water partition coefficient (Wildman–Crippen LogP) is 0.235. The smallest absolute Gasteiger partial charge is 0.327 e. The second kappa shape index (κ2) is 3.86. The number of carboxylic acid groups (broad SMARTS) is 1. The number of pyridine rings is 1. The maximum atomic E-state index is 10.6. The summed E-state index contributed by atoms with van der Waals surface area (Å²) in [5.41, 5.74) is 0.630. The summed E-state index contributed by atoms with van der Waals surface area (Å²) < 4.78 is 0. The molecule has 1 atom stereocenters. The van der Waals surface area contributed by atoms with Crippen LogP contribution in [0.1, 0.15) is 6.92 Å². The third-order valence-electron chi connectivity index (χ3n) is 1.74. The molecule has 5 heteroatoms. The van der Waals surface area contributed by atoms with Gasteiger partial charge in [0, 0.05) is 12.4 Å². The van der Waals surface area contributed by atoms with Crippen LogP contribution in [0.25, 0.3) is 0 Å². The molecule has 13 heavy (non-hydrogen) atoms. The maximum Gasteiger partial charge on any atom is 0.327 e. The molecule has 1 heterocycles. The van der Waals surface area contributed by atoms with E-state index in [2.05, 4.69) is 4.98 Å². The van der Waals surface area contributed by atoms with Gasteiger partial charge in [-0.25, -0.2) is 10.6 Å². The van der Waals surface area contributed by atoms with Crippen molar-refractivity contribution in [3.05, 3.63) is 24.5 Å². The van der Waals surface area contributed by atoms with Crippen LogP contribution in [-0.4, -0.2) is 22.1 Å². The molecule has 0 fully saturated rings. The fourth-order valence-electron chi connectivity index (χ4n) is 0.859. The lowest BCUT2D eigenvalue weighted by atomic mass is 10.3. The van der Waals surface area contributed by atoms with Crippen molar-refractivity contribution in [1.29, 1.82) is 0 Å². The van der Waals surface area contributed by atoms with E-state index < -0.39 is 12.0 Å². The van der Waals surface area contributed by atoms with E-state index in [0.29, 0.717) is 5.69 Å². The molecule has 0 aromatic carbocycles. The number of hydrogen-bond donors (Lipinski definition) is 2. The van der Waals surface area contributed by atoms with Crippen LogP contribution in [-0.2, 0) is 4.79 Å². The Balaban J connectivity index is 2.79. The van der Waals surface area contributed by atoms with Gasteiger partial charge in [-0.05, 0) is 19.1 Å². The number of nitrogens with two attached hydrogens (primary N) is 1. The molecule has 1 aromatic rings. The van der Waals surface area contributed by atoms with Gasteiger partial charge in [0.1, 0.15) is 6.04 Å². The summed E-state index contributed by atoms with van der Waals surface area (Å²) in [6.07, 6.45) is 3.12. The van der Waals surface area contributed by atoms with Gasteiger partial charge in [0.25, 0.3) is 0 Å². The van der Waals surface area contributed by atoms with Crippen LogP contribution in [0.5, 0.6) is 0 Å². The minimum atomic E-state index is -0.959. The summed E-state index contributed by atoms with van der Waals surface area (Å²) in [6, 6.07) is 2.56. The van der Waals surface area contributed by atoms with E-state index in [4.69, 9.17) is 10.9 Å². The molecule has 0 radical (unpaired) electrons. The Bertz CT molecular complexity index is 289. The summed E-state index contributed by atoms with van der Waals surface area (Å²) in [5.74, 6) is 4.61. The van der Waals surface area contributed by atoms with Gasteiger partial charge in [0.2, 0.25) is 0 Å². The number of nitrogens with zero attached hydrogens (tertiary/aromatic N) is 2. The van der Waals surface area contributed by atoms with Gasteiger partial charge in [0.05, 0.1) is 5.69 Å². The zero-order valence-electron chi connectivity index (χ0n) is 7.21. The average Bonchev–Trinajstić information content (AvgIpc) is 2.17. The molecule has 0 amide bonds. The summed E-state index contributed by atoms with van der Waals surface area (Å²) in [6.45, 7) is 1.52. The molecule has 0 aliphatic carbocycles. The second-order valence-electron chi connectivity index (χ2n) is 2.63. The van der Waals surface area contributed by atoms with Crippen LogP contribution in [0.2, 0.25) is 0 Å². The summed E-state index contributed by atoms with van der Waals surface area (Å²) in [4.78, 5) is 14.4. The van der Waals surface area contributed by atoms with Crippen molar-refractivity contribution >= 4 is 11.7 Å². The Morgan fingerprint density at radius 1 is 1.62 bits per heavy atom. The molecule has 0 aliphatic rings. The van der Waals surface area contributed by atoms with Crippen molar-refractivity contribution in [2.75, 3.05) is 5.01 Å². The topological polar surface area (TPSA) is 79.5 Å². The van der Waals surface area contributed by atoms with Crippen molar-refractivity contribution in [3.8, 4) is 0 Å². The normalized spacial score (nSPS) is 12.2. The first-order valence-corrected chi connectivity index (χ1v) is 3.79. The molecule has 0 saturated heterocycles. The van der Waals surface area contributed by atoms with Crippen LogP contribution >= 0.6 is 0 Å². The molecule has 0 aliphatic heterocycles. The van der Waals surface area contributed by atoms with E-state index in [1.54, 1.807) is 24.5 Å². The van der Waals surface area contributed by atoms with Gasteiger partial charge in [-0.15, -0.1) is 0 Å². The largest absolute Gasteiger partial charge is 0.480 e. The SMILES string of the molecule is C[C@@H](C(=O)O)N(N)c1ccncc1. The zero-order valence-corrected chi connectivity index (χ0v) is 7.21. The van der Waals surface area contributed by atoms with Crippen LogP contribution in [0.3, 0.4) is 0 Å². The Hall–Kier alpha value is -1.62. The number of rotatable bonds is 3. The third-order valence-corrected chi connectivity index (χ3v) is 1.74. The predicted molar refractivity (Wildman–Crippen MR) is 48.0 cm³/mol. The Labute approximate surface area is 75.8 Å². The van der Waals surface area contributed by atoms with Crippen LogP contribution in [0.4, 0.5) is 5.69 Å². The zero-order chi connectivity index (χ0) is 9.84. The number of aliphatic carboxylic acids is 1. The summed E-state index contributed by atoms with van der Waals surface area (Å²) >= 11 is 0. The first kappa shape index (κ1) is 9.47. The molecule has 0 spiro atoms. The van der Waals surface area contributed by atoms with Crippen molar-refractivity contribution in [3.63, 3.8) is 0 Å². The van der Waals surface area contributed by atoms with Gasteiger partial charge in [0.15, 0.2) is 0 Å². The van der Waals surface area contributed by atoms with Crippen molar-refractivity contribution in [2.24, 2.45) is 5.84 Å². The second-order valence-corrected chi connectivity index (χ2v) is 2.63. The van der Waals surface area contributed by atoms with Crippen molar-refractivity contribution in [2.45, 2.75) is 13.0 Å². The van der Waals surface area contributed by atoms with E-state index in [-0.39, 0.29) is 0 Å². The molecule has 0 saturated carbocycles. The highest BCUT2D eigenvalue weighted by Gasteiger charge is 2.17. The lowest BCUT2D eigenvalue weighted by molar-refractivity contribution is -0.138. The third kappa shape index (κ3) is 2.16. The number of carboxylic acids is 1. The molecule has 0 bridgehead atoms. The molecule has 1 aromatic heterocycles. The van der Waals surface area contributed by atoms with E-state index in [1.165, 1.54) is 11.9 Å². The number of anilines is 1. The Kier molecular flexibility index (Phi) is 2.81. The van der Waals surface area contributed by atoms with Crippen LogP contribution in [0.15, 0.2) is 24.5 Å². The molecular weight excluding hydrogens is 170 g/mol. The highest BCUT2D eigenvalue weighted by molar-refractivity contribution is 5.77. The number of hydrogen-bond acceptors (Lipinski definition) is 4. The summed E-state index contributed by atoms with van der Waals surface area (Å²) in [7, 11) is 0. The quantitative estimate of drug-likeness (QED) is 0.515. The molecule has 1 rings (SSSR count). The molecule has 0 unspecified atom stereocenters. The minimum absolute atomic E-state index is 0.630. The van der Waals surface area contributed by atoms with Crippen LogP contribution in [0, 0.1) is 0 Å². The highest BCUT2D eigenvalue weighted by Crippen LogP contribution is 2.10. The maximum absolute atomic E-state index is 10.6. The summed E-state index contributed by atoms with van der Waals surface area (Å²) in [5, 5.41) is 9.86.